The molecule has 0 aromatic rings. The van der Waals surface area contributed by atoms with E-state index >= 15 is 0 Å². The molecule has 0 amide bonds. The van der Waals surface area contributed by atoms with Crippen LogP contribution in [0.15, 0.2) is 0 Å². The van der Waals surface area contributed by atoms with E-state index in [9.17, 15) is 0 Å². The maximum atomic E-state index is 5.82. The third-order valence-electron chi connectivity index (χ3n) is 3.13. The summed E-state index contributed by atoms with van der Waals surface area (Å²) < 4.78 is 11.6. The van der Waals surface area contributed by atoms with E-state index in [1.54, 1.807) is 0 Å². The third kappa shape index (κ3) is 4.60. The molecule has 94 valence electrons. The molecule has 0 radical (unpaired) electrons. The van der Waals surface area contributed by atoms with Gasteiger partial charge in [-0.05, 0) is 23.7 Å². The van der Waals surface area contributed by atoms with Crippen LogP contribution in [0, 0.1) is 5.41 Å². The average molecular weight is 242 g/mol. The molecule has 1 saturated heterocycles. The summed E-state index contributed by atoms with van der Waals surface area (Å²) in [7, 11) is -1.18. The first-order valence-corrected chi connectivity index (χ1v) is 10.0. The molecule has 1 aliphatic heterocycles. The van der Waals surface area contributed by atoms with E-state index in [1.165, 1.54) is 6.42 Å². The van der Waals surface area contributed by atoms with Crippen molar-refractivity contribution in [3.8, 4) is 0 Å². The molecule has 1 atom stereocenters. The van der Waals surface area contributed by atoms with Crippen molar-refractivity contribution in [1.29, 1.82) is 0 Å². The van der Waals surface area contributed by atoms with Gasteiger partial charge in [0.1, 0.15) is 0 Å². The third-order valence-corrected chi connectivity index (χ3v) is 5.83. The van der Waals surface area contributed by atoms with Gasteiger partial charge in [-0.25, -0.2) is 0 Å². The van der Waals surface area contributed by atoms with Crippen LogP contribution < -0.4 is 0 Å². The molecular formula is C12H27BO2Si. The Balaban J connectivity index is 2.70. The highest BCUT2D eigenvalue weighted by Crippen LogP contribution is 2.38. The zero-order valence-corrected chi connectivity index (χ0v) is 12.8. The molecule has 16 heavy (non-hydrogen) atoms. The minimum atomic E-state index is -1.23. The second-order valence-corrected chi connectivity index (χ2v) is 12.7. The maximum Gasteiger partial charge on any atom is 0.457 e. The lowest BCUT2D eigenvalue weighted by molar-refractivity contribution is 0.127. The van der Waals surface area contributed by atoms with Gasteiger partial charge in [-0.15, -0.1) is 0 Å². The van der Waals surface area contributed by atoms with Crippen LogP contribution in [0.1, 0.15) is 33.6 Å². The average Bonchev–Trinajstić information content (AvgIpc) is 2.13. The van der Waals surface area contributed by atoms with E-state index < -0.39 is 8.07 Å². The van der Waals surface area contributed by atoms with Crippen molar-refractivity contribution in [3.05, 3.63) is 0 Å². The van der Waals surface area contributed by atoms with Gasteiger partial charge >= 0.3 is 7.12 Å². The molecule has 1 aliphatic rings. The molecule has 0 aromatic heterocycles. The Morgan fingerprint density at radius 3 is 2.00 bits per heavy atom. The molecule has 4 heteroatoms. The van der Waals surface area contributed by atoms with Crippen molar-refractivity contribution < 1.29 is 9.31 Å². The Hall–Kier alpha value is 0.202. The molecule has 1 rings (SSSR count). The summed E-state index contributed by atoms with van der Waals surface area (Å²) in [6.07, 6.45) is 2.25. The van der Waals surface area contributed by atoms with Gasteiger partial charge in [-0.3, -0.25) is 0 Å². The lowest BCUT2D eigenvalue weighted by Crippen LogP contribution is -2.46. The molecular weight excluding hydrogens is 215 g/mol. The zero-order valence-electron chi connectivity index (χ0n) is 11.8. The Bertz CT molecular complexity index is 214. The lowest BCUT2D eigenvalue weighted by atomic mass is 9.74. The Morgan fingerprint density at radius 1 is 1.12 bits per heavy atom. The standard InChI is InChI=1S/C12H27BO2Si/c1-12(2,3)10-11(16(4,5)6)13-14-8-7-9-15-13/h11H,7-10H2,1-6H3. The summed E-state index contributed by atoms with van der Waals surface area (Å²) in [6, 6.07) is 0. The van der Waals surface area contributed by atoms with E-state index in [1.807, 2.05) is 0 Å². The van der Waals surface area contributed by atoms with E-state index in [0.29, 0.717) is 10.9 Å². The Kier molecular flexibility index (Phi) is 4.67. The minimum Gasteiger partial charge on any atom is -0.411 e. The number of hydrogen-bond acceptors (Lipinski definition) is 2. The summed E-state index contributed by atoms with van der Waals surface area (Å²) in [4.78, 5) is 0. The van der Waals surface area contributed by atoms with E-state index in [4.69, 9.17) is 9.31 Å². The monoisotopic (exact) mass is 242 g/mol. The van der Waals surface area contributed by atoms with Crippen LogP contribution in [-0.2, 0) is 9.31 Å². The molecule has 1 unspecified atom stereocenters. The second kappa shape index (κ2) is 5.23. The van der Waals surface area contributed by atoms with E-state index in [0.717, 1.165) is 19.6 Å². The van der Waals surface area contributed by atoms with Crippen LogP contribution in [0.25, 0.3) is 0 Å². The number of rotatable bonds is 3. The minimum absolute atomic E-state index is 0.0552. The molecule has 1 heterocycles. The van der Waals surface area contributed by atoms with Gasteiger partial charge in [0.15, 0.2) is 0 Å². The topological polar surface area (TPSA) is 18.5 Å². The summed E-state index contributed by atoms with van der Waals surface area (Å²) in [5.41, 5.74) is 0.961. The van der Waals surface area contributed by atoms with Crippen LogP contribution in [0.5, 0.6) is 0 Å². The van der Waals surface area contributed by atoms with Gasteiger partial charge in [0.25, 0.3) is 0 Å². The molecule has 0 saturated carbocycles. The lowest BCUT2D eigenvalue weighted by Gasteiger charge is -2.38. The fourth-order valence-electron chi connectivity index (χ4n) is 2.21. The molecule has 2 nitrogen and oxygen atoms in total. The summed E-state index contributed by atoms with van der Waals surface area (Å²) in [5, 5.41) is 0. The van der Waals surface area contributed by atoms with E-state index in [2.05, 4.69) is 40.4 Å². The van der Waals surface area contributed by atoms with Gasteiger partial charge < -0.3 is 9.31 Å². The highest BCUT2D eigenvalue weighted by atomic mass is 28.3. The van der Waals surface area contributed by atoms with Gasteiger partial charge in [0.05, 0.1) is 0 Å². The Labute approximate surface area is 102 Å². The largest absolute Gasteiger partial charge is 0.457 e. The quantitative estimate of drug-likeness (QED) is 0.704. The van der Waals surface area contributed by atoms with Crippen molar-refractivity contribution in [1.82, 2.24) is 0 Å². The molecule has 0 spiro atoms. The van der Waals surface area contributed by atoms with Crippen LogP contribution in [0.4, 0.5) is 0 Å². The SMILES string of the molecule is CC(C)(C)CC(B1OCCCO1)[Si](C)(C)C. The first-order chi connectivity index (χ1) is 7.20. The van der Waals surface area contributed by atoms with Crippen molar-refractivity contribution >= 4 is 15.2 Å². The smallest absolute Gasteiger partial charge is 0.411 e. The van der Waals surface area contributed by atoms with E-state index in [-0.39, 0.29) is 7.12 Å². The van der Waals surface area contributed by atoms with Crippen LogP contribution in [0.2, 0.25) is 25.1 Å². The molecule has 0 aromatic carbocycles. The van der Waals surface area contributed by atoms with Crippen LogP contribution in [0.3, 0.4) is 0 Å². The molecule has 0 aliphatic carbocycles. The van der Waals surface area contributed by atoms with Gasteiger partial charge in [-0.1, -0.05) is 40.4 Å². The first kappa shape index (κ1) is 14.3. The van der Waals surface area contributed by atoms with Gasteiger partial charge in [-0.2, -0.15) is 0 Å². The fourth-order valence-corrected chi connectivity index (χ4v) is 4.44. The van der Waals surface area contributed by atoms with Crippen molar-refractivity contribution in [2.45, 2.75) is 58.7 Å². The second-order valence-electron chi connectivity index (χ2n) is 7.20. The first-order valence-electron chi connectivity index (χ1n) is 6.43. The van der Waals surface area contributed by atoms with Crippen molar-refractivity contribution in [2.75, 3.05) is 13.2 Å². The normalized spacial score (nSPS) is 21.0. The summed E-state index contributed by atoms with van der Waals surface area (Å²) in [6.45, 7) is 15.9. The molecule has 0 bridgehead atoms. The van der Waals surface area contributed by atoms with Crippen molar-refractivity contribution in [2.24, 2.45) is 5.41 Å². The fraction of sp³-hybridized carbons (Fsp3) is 1.00. The predicted molar refractivity (Wildman–Crippen MR) is 73.4 cm³/mol. The van der Waals surface area contributed by atoms with Crippen molar-refractivity contribution in [3.63, 3.8) is 0 Å². The maximum absolute atomic E-state index is 5.82. The highest BCUT2D eigenvalue weighted by molar-refractivity contribution is 6.86. The summed E-state index contributed by atoms with van der Waals surface area (Å²) >= 11 is 0. The number of hydrogen-bond donors (Lipinski definition) is 0. The van der Waals surface area contributed by atoms with Gasteiger partial charge in [0, 0.05) is 21.3 Å². The van der Waals surface area contributed by atoms with Crippen LogP contribution >= 0.6 is 0 Å². The van der Waals surface area contributed by atoms with Crippen LogP contribution in [-0.4, -0.2) is 28.4 Å². The summed E-state index contributed by atoms with van der Waals surface area (Å²) in [5.74, 6) is 0. The molecule has 1 fully saturated rings. The zero-order chi connectivity index (χ0) is 12.4. The molecule has 0 N–H and O–H groups in total. The van der Waals surface area contributed by atoms with Gasteiger partial charge in [0.2, 0.25) is 0 Å². The highest BCUT2D eigenvalue weighted by Gasteiger charge is 2.42. The predicted octanol–water partition coefficient (Wildman–Crippen LogP) is 3.60. The Morgan fingerprint density at radius 2 is 1.62 bits per heavy atom.